The molecule has 0 atom stereocenters. The minimum absolute atomic E-state index is 0.0749. The Kier molecular flexibility index (Phi) is 3.12. The summed E-state index contributed by atoms with van der Waals surface area (Å²) in [6.07, 6.45) is 6.51. The van der Waals surface area contributed by atoms with E-state index < -0.39 is 0 Å². The molecule has 5 nitrogen and oxygen atoms in total. The van der Waals surface area contributed by atoms with Crippen LogP contribution >= 0.6 is 0 Å². The molecule has 0 aromatic carbocycles. The van der Waals surface area contributed by atoms with Crippen LogP contribution in [0.1, 0.15) is 32.2 Å². The minimum atomic E-state index is -0.0995. The number of carbonyl (C=O) groups is 1. The molecular weight excluding hydrogens is 206 g/mol. The Bertz CT molecular complexity index is 429. The summed E-state index contributed by atoms with van der Waals surface area (Å²) >= 11 is 0. The largest absolute Gasteiger partial charge is 0.355 e. The predicted octanol–water partition coefficient (Wildman–Crippen LogP) is 0.511. The van der Waals surface area contributed by atoms with Crippen molar-refractivity contribution < 1.29 is 4.79 Å². The summed E-state index contributed by atoms with van der Waals surface area (Å²) < 4.78 is 3.18. The SMILES string of the molecule is CCCNC(=O)Cn1ccn(C2CC2)c1=O. The van der Waals surface area contributed by atoms with Crippen molar-refractivity contribution in [1.82, 2.24) is 14.5 Å². The molecule has 1 heterocycles. The fourth-order valence-electron chi connectivity index (χ4n) is 1.65. The van der Waals surface area contributed by atoms with Crippen LogP contribution in [-0.4, -0.2) is 21.6 Å². The maximum Gasteiger partial charge on any atom is 0.328 e. The van der Waals surface area contributed by atoms with Crippen LogP contribution in [0.25, 0.3) is 0 Å². The summed E-state index contributed by atoms with van der Waals surface area (Å²) in [5, 5.41) is 2.75. The van der Waals surface area contributed by atoms with Gasteiger partial charge in [0.1, 0.15) is 6.54 Å². The third-order valence-corrected chi connectivity index (χ3v) is 2.70. The van der Waals surface area contributed by atoms with Crippen LogP contribution in [0.2, 0.25) is 0 Å². The van der Waals surface area contributed by atoms with E-state index >= 15 is 0 Å². The minimum Gasteiger partial charge on any atom is -0.355 e. The van der Waals surface area contributed by atoms with Crippen LogP contribution in [0.15, 0.2) is 17.2 Å². The average molecular weight is 223 g/mol. The second kappa shape index (κ2) is 4.55. The Morgan fingerprint density at radius 2 is 2.25 bits per heavy atom. The molecule has 0 radical (unpaired) electrons. The molecule has 0 saturated heterocycles. The van der Waals surface area contributed by atoms with E-state index in [9.17, 15) is 9.59 Å². The lowest BCUT2D eigenvalue weighted by Crippen LogP contribution is -2.33. The highest BCUT2D eigenvalue weighted by molar-refractivity contribution is 5.75. The van der Waals surface area contributed by atoms with Gasteiger partial charge >= 0.3 is 5.69 Å². The van der Waals surface area contributed by atoms with Crippen LogP contribution in [0.5, 0.6) is 0 Å². The van der Waals surface area contributed by atoms with E-state index in [-0.39, 0.29) is 18.1 Å². The lowest BCUT2D eigenvalue weighted by Gasteiger charge is -2.03. The summed E-state index contributed by atoms with van der Waals surface area (Å²) in [5.41, 5.74) is -0.0749. The molecule has 0 bridgehead atoms. The summed E-state index contributed by atoms with van der Waals surface area (Å²) in [6, 6.07) is 0.368. The molecule has 1 aromatic rings. The Morgan fingerprint density at radius 1 is 1.50 bits per heavy atom. The highest BCUT2D eigenvalue weighted by Crippen LogP contribution is 2.33. The van der Waals surface area contributed by atoms with E-state index in [0.717, 1.165) is 19.3 Å². The number of hydrogen-bond acceptors (Lipinski definition) is 2. The number of amides is 1. The van der Waals surface area contributed by atoms with E-state index in [0.29, 0.717) is 12.6 Å². The molecule has 0 unspecified atom stereocenters. The highest BCUT2D eigenvalue weighted by atomic mass is 16.2. The number of carbonyl (C=O) groups excluding carboxylic acids is 1. The second-order valence-corrected chi connectivity index (χ2v) is 4.20. The van der Waals surface area contributed by atoms with Gasteiger partial charge in [0.15, 0.2) is 0 Å². The van der Waals surface area contributed by atoms with Crippen LogP contribution in [0.4, 0.5) is 0 Å². The first-order chi connectivity index (χ1) is 7.72. The summed E-state index contributed by atoms with van der Waals surface area (Å²) in [6.45, 7) is 2.78. The zero-order valence-electron chi connectivity index (χ0n) is 9.48. The van der Waals surface area contributed by atoms with Crippen molar-refractivity contribution in [2.24, 2.45) is 0 Å². The molecule has 1 N–H and O–H groups in total. The molecule has 1 aliphatic carbocycles. The summed E-state index contributed by atoms with van der Waals surface area (Å²) in [5.74, 6) is -0.0995. The van der Waals surface area contributed by atoms with E-state index in [4.69, 9.17) is 0 Å². The third-order valence-electron chi connectivity index (χ3n) is 2.70. The molecule has 1 aromatic heterocycles. The molecule has 16 heavy (non-hydrogen) atoms. The van der Waals surface area contributed by atoms with E-state index in [1.807, 2.05) is 6.92 Å². The number of nitrogens with one attached hydrogen (secondary N) is 1. The Balaban J connectivity index is 1.99. The van der Waals surface area contributed by atoms with Crippen molar-refractivity contribution in [2.75, 3.05) is 6.54 Å². The Labute approximate surface area is 94.1 Å². The molecule has 1 amide bonds. The number of imidazole rings is 1. The standard InChI is InChI=1S/C11H17N3O2/c1-2-5-12-10(15)8-13-6-7-14(11(13)16)9-3-4-9/h6-7,9H,2-5,8H2,1H3,(H,12,15). The Hall–Kier alpha value is -1.52. The van der Waals surface area contributed by atoms with Gasteiger partial charge in [0.2, 0.25) is 5.91 Å². The predicted molar refractivity (Wildman–Crippen MR) is 60.3 cm³/mol. The van der Waals surface area contributed by atoms with Crippen molar-refractivity contribution >= 4 is 5.91 Å². The molecule has 1 fully saturated rings. The molecule has 1 saturated carbocycles. The monoisotopic (exact) mass is 223 g/mol. The summed E-state index contributed by atoms with van der Waals surface area (Å²) in [4.78, 5) is 23.2. The topological polar surface area (TPSA) is 56.0 Å². The van der Waals surface area contributed by atoms with Crippen LogP contribution in [-0.2, 0) is 11.3 Å². The number of nitrogens with zero attached hydrogens (tertiary/aromatic N) is 2. The number of aromatic nitrogens is 2. The first-order valence-corrected chi connectivity index (χ1v) is 5.76. The molecule has 0 spiro atoms. The van der Waals surface area contributed by atoms with Crippen molar-refractivity contribution in [3.05, 3.63) is 22.9 Å². The smallest absolute Gasteiger partial charge is 0.328 e. The van der Waals surface area contributed by atoms with Gasteiger partial charge in [0.25, 0.3) is 0 Å². The third kappa shape index (κ3) is 2.35. The fraction of sp³-hybridized carbons (Fsp3) is 0.636. The van der Waals surface area contributed by atoms with Gasteiger partial charge in [-0.2, -0.15) is 0 Å². The first-order valence-electron chi connectivity index (χ1n) is 5.76. The van der Waals surface area contributed by atoms with Crippen molar-refractivity contribution in [3.63, 3.8) is 0 Å². The maximum atomic E-state index is 11.8. The summed E-state index contributed by atoms with van der Waals surface area (Å²) in [7, 11) is 0. The quantitative estimate of drug-likeness (QED) is 0.790. The van der Waals surface area contributed by atoms with Crippen LogP contribution in [0, 0.1) is 0 Å². The zero-order valence-corrected chi connectivity index (χ0v) is 9.48. The van der Waals surface area contributed by atoms with Crippen molar-refractivity contribution in [1.29, 1.82) is 0 Å². The first kappa shape index (κ1) is 11.0. The van der Waals surface area contributed by atoms with Gasteiger partial charge in [-0.25, -0.2) is 4.79 Å². The van der Waals surface area contributed by atoms with Crippen molar-refractivity contribution in [3.8, 4) is 0 Å². The van der Waals surface area contributed by atoms with Gasteiger partial charge in [-0.1, -0.05) is 6.92 Å². The van der Waals surface area contributed by atoms with Gasteiger partial charge in [0.05, 0.1) is 0 Å². The number of rotatable bonds is 5. The van der Waals surface area contributed by atoms with Crippen LogP contribution in [0.3, 0.4) is 0 Å². The highest BCUT2D eigenvalue weighted by Gasteiger charge is 2.25. The maximum absolute atomic E-state index is 11.8. The van der Waals surface area contributed by atoms with Crippen LogP contribution < -0.4 is 11.0 Å². The average Bonchev–Trinajstić information content (AvgIpc) is 3.04. The van der Waals surface area contributed by atoms with Gasteiger partial charge in [0, 0.05) is 25.0 Å². The van der Waals surface area contributed by atoms with Gasteiger partial charge < -0.3 is 5.32 Å². The van der Waals surface area contributed by atoms with E-state index in [1.165, 1.54) is 4.57 Å². The van der Waals surface area contributed by atoms with Gasteiger partial charge in [-0.3, -0.25) is 13.9 Å². The lowest BCUT2D eigenvalue weighted by atomic mass is 10.4. The molecule has 5 heteroatoms. The normalized spacial score (nSPS) is 15.1. The zero-order chi connectivity index (χ0) is 11.5. The fourth-order valence-corrected chi connectivity index (χ4v) is 1.65. The second-order valence-electron chi connectivity index (χ2n) is 4.20. The Morgan fingerprint density at radius 3 is 2.88 bits per heavy atom. The number of hydrogen-bond donors (Lipinski definition) is 1. The van der Waals surface area contributed by atoms with E-state index in [2.05, 4.69) is 5.32 Å². The molecule has 1 aliphatic rings. The van der Waals surface area contributed by atoms with Gasteiger partial charge in [-0.15, -0.1) is 0 Å². The molecular formula is C11H17N3O2. The van der Waals surface area contributed by atoms with E-state index in [1.54, 1.807) is 17.0 Å². The molecule has 0 aliphatic heterocycles. The van der Waals surface area contributed by atoms with Crippen molar-refractivity contribution in [2.45, 2.75) is 38.8 Å². The lowest BCUT2D eigenvalue weighted by molar-refractivity contribution is -0.121. The molecule has 88 valence electrons. The molecule has 2 rings (SSSR count). The van der Waals surface area contributed by atoms with Gasteiger partial charge in [-0.05, 0) is 19.3 Å².